The maximum absolute atomic E-state index is 15.1. The molecule has 8 rings (SSSR count). The quantitative estimate of drug-likeness (QED) is 0.0178. The Hall–Kier alpha value is -6.45. The monoisotopic (exact) mass is 995 g/mol. The number of amides is 1. The molecule has 1 heterocycles. The lowest BCUT2D eigenvalue weighted by Gasteiger charge is -2.60. The van der Waals surface area contributed by atoms with E-state index < -0.39 is 28.8 Å². The van der Waals surface area contributed by atoms with E-state index in [0.717, 1.165) is 63.8 Å². The minimum Gasteiger partial charge on any atom is -0.493 e. The van der Waals surface area contributed by atoms with Gasteiger partial charge in [-0.2, -0.15) is 0 Å². The van der Waals surface area contributed by atoms with Gasteiger partial charge in [-0.3, -0.25) is 15.0 Å². The molecule has 1 aliphatic heterocycles. The predicted octanol–water partition coefficient (Wildman–Crippen LogP) is 12.0. The number of unbranched alkanes of at least 4 members (excludes halogenated alkanes) is 2. The van der Waals surface area contributed by atoms with Crippen LogP contribution in [0.4, 0.5) is 10.5 Å². The minimum absolute atomic E-state index is 0.00526. The lowest BCUT2D eigenvalue weighted by molar-refractivity contribution is -0.384. The van der Waals surface area contributed by atoms with Crippen molar-refractivity contribution in [1.29, 1.82) is 0 Å². The molecule has 5 aromatic rings. The number of carbonyl (C=O) groups is 1. The van der Waals surface area contributed by atoms with Crippen LogP contribution >= 0.6 is 11.8 Å². The van der Waals surface area contributed by atoms with Crippen molar-refractivity contribution in [1.82, 2.24) is 4.90 Å². The topological polar surface area (TPSA) is 162 Å². The van der Waals surface area contributed by atoms with E-state index in [4.69, 9.17) is 28.9 Å². The molecule has 2 N–H and O–H groups in total. The molecular formula is C58H65N3O10S. The fraction of sp³-hybridized carbons (Fsp3) is 0.379. The predicted molar refractivity (Wildman–Crippen MR) is 281 cm³/mol. The number of thioether (sulfide) groups is 1. The lowest BCUT2D eigenvalue weighted by Crippen LogP contribution is -2.70. The van der Waals surface area contributed by atoms with Crippen LogP contribution in [0.2, 0.25) is 0 Å². The van der Waals surface area contributed by atoms with E-state index in [9.17, 15) is 20.3 Å². The smallest absolute Gasteiger partial charge is 0.410 e. The number of fused-ring (bicyclic) bond motifs is 3. The van der Waals surface area contributed by atoms with E-state index in [1.165, 1.54) is 12.1 Å². The van der Waals surface area contributed by atoms with E-state index in [2.05, 4.69) is 43.5 Å². The Morgan fingerprint density at radius 3 is 2.43 bits per heavy atom. The third kappa shape index (κ3) is 12.1. The number of benzene rings is 5. The van der Waals surface area contributed by atoms with Crippen LogP contribution in [0.1, 0.15) is 74.0 Å². The van der Waals surface area contributed by atoms with Crippen molar-refractivity contribution < 1.29 is 43.7 Å². The average Bonchev–Trinajstić information content (AvgIpc) is 3.40. The normalized spacial score (nSPS) is 21.4. The van der Waals surface area contributed by atoms with Gasteiger partial charge >= 0.3 is 6.09 Å². The zero-order valence-electron chi connectivity index (χ0n) is 40.7. The second-order valence-electron chi connectivity index (χ2n) is 18.4. The molecule has 5 aromatic carbocycles. The second-order valence-corrected chi connectivity index (χ2v) is 19.6. The zero-order valence-corrected chi connectivity index (χ0v) is 41.5. The average molecular weight is 996 g/mol. The van der Waals surface area contributed by atoms with Crippen LogP contribution in [-0.2, 0) is 27.5 Å². The van der Waals surface area contributed by atoms with E-state index in [-0.39, 0.29) is 69.4 Å². The molecule has 1 amide bonds. The van der Waals surface area contributed by atoms with Crippen molar-refractivity contribution in [2.75, 3.05) is 38.8 Å². The first kappa shape index (κ1) is 51.9. The number of hydrogen-bond acceptors (Lipinski definition) is 12. The number of nitro groups is 1. The van der Waals surface area contributed by atoms with Gasteiger partial charge in [-0.1, -0.05) is 96.9 Å². The highest BCUT2D eigenvalue weighted by Crippen LogP contribution is 2.62. The van der Waals surface area contributed by atoms with Crippen molar-refractivity contribution in [2.45, 2.75) is 87.2 Å². The van der Waals surface area contributed by atoms with Gasteiger partial charge < -0.3 is 34.0 Å². The Morgan fingerprint density at radius 2 is 1.67 bits per heavy atom. The van der Waals surface area contributed by atoms with Gasteiger partial charge in [-0.15, -0.1) is 24.9 Å². The summed E-state index contributed by atoms with van der Waals surface area (Å²) >= 11 is 1.73. The number of aliphatic hydroxyl groups excluding tert-OH is 2. The first-order valence-corrected chi connectivity index (χ1v) is 26.0. The van der Waals surface area contributed by atoms with E-state index >= 15 is 4.79 Å². The van der Waals surface area contributed by atoms with Crippen molar-refractivity contribution in [3.8, 4) is 11.5 Å². The van der Waals surface area contributed by atoms with Crippen LogP contribution in [-0.4, -0.2) is 82.5 Å². The molecule has 2 aliphatic carbocycles. The molecule has 13 nitrogen and oxygen atoms in total. The Labute approximate surface area is 426 Å². The summed E-state index contributed by atoms with van der Waals surface area (Å²) < 4.78 is 27.3. The number of hydrogen-bond donors (Lipinski definition) is 2. The number of rotatable bonds is 26. The molecule has 0 aromatic heterocycles. The number of aliphatic hydroxyl groups is 2. The molecule has 6 atom stereocenters. The minimum atomic E-state index is -1.53. The van der Waals surface area contributed by atoms with E-state index in [0.29, 0.717) is 48.6 Å². The summed E-state index contributed by atoms with van der Waals surface area (Å²) in [6.07, 6.45) is 10.1. The molecule has 14 heteroatoms. The summed E-state index contributed by atoms with van der Waals surface area (Å²) in [4.78, 5) is 35.3. The van der Waals surface area contributed by atoms with Crippen molar-refractivity contribution in [2.24, 2.45) is 22.9 Å². The molecule has 378 valence electrons. The maximum atomic E-state index is 15.1. The second kappa shape index (κ2) is 25.3. The molecule has 0 bridgehead atoms. The van der Waals surface area contributed by atoms with Gasteiger partial charge in [-0.25, -0.2) is 4.79 Å². The van der Waals surface area contributed by atoms with Crippen LogP contribution in [0.15, 0.2) is 162 Å². The largest absolute Gasteiger partial charge is 0.493 e. The first-order valence-electron chi connectivity index (χ1n) is 25.0. The highest BCUT2D eigenvalue weighted by Gasteiger charge is 2.65. The summed E-state index contributed by atoms with van der Waals surface area (Å²) in [5.74, 6) is -0.333. The molecule has 3 aliphatic rings. The van der Waals surface area contributed by atoms with Gasteiger partial charge in [-0.05, 0) is 114 Å². The van der Waals surface area contributed by atoms with Crippen molar-refractivity contribution in [3.63, 3.8) is 0 Å². The molecule has 0 saturated heterocycles. The number of non-ortho nitro benzene ring substituents is 1. The molecule has 1 fully saturated rings. The van der Waals surface area contributed by atoms with Crippen LogP contribution in [0.3, 0.4) is 0 Å². The van der Waals surface area contributed by atoms with Gasteiger partial charge in [0.25, 0.3) is 5.69 Å². The van der Waals surface area contributed by atoms with Crippen LogP contribution in [0.25, 0.3) is 10.8 Å². The zero-order chi connectivity index (χ0) is 50.3. The summed E-state index contributed by atoms with van der Waals surface area (Å²) in [6, 6.07) is 35.7. The van der Waals surface area contributed by atoms with Crippen LogP contribution < -0.4 is 9.47 Å². The number of carbonyl (C=O) groups excluding carboxylic acids is 1. The lowest BCUT2D eigenvalue weighted by atomic mass is 9.55. The number of oxime groups is 1. The first-order chi connectivity index (χ1) is 35.3. The molecule has 72 heavy (non-hydrogen) atoms. The number of nitrogens with zero attached hydrogens (tertiary/aromatic N) is 3. The number of allylic oxidation sites excluding steroid dienone is 1. The summed E-state index contributed by atoms with van der Waals surface area (Å²) in [5, 5.41) is 38.6. The standard InChI is InChI=1S/C58H65N3O10S/c1-3-5-33-68-57(64)60(39-44-19-15-18-42-16-9-10-22-48(42)44)54-38-52(59-70-40-41-24-26-45(27-25-41)61(65)66)50-36-43(17-11-13-30-62)49(23-12-14-31-63)55-51-37-46(67-34-35-72-47-20-7-6-8-21-47)28-29-53(51)71-58(54,56(50)55)69-32-4-2/h3-4,6-10,15-16,18-22,24-29,36-37,43,49,54-56,62-63H,1-2,5,11-14,17,23,30-35,38-40H2/t43-,49+,54-,55+,56+,58+/m0/s1. The van der Waals surface area contributed by atoms with Crippen LogP contribution in [0, 0.1) is 27.9 Å². The summed E-state index contributed by atoms with van der Waals surface area (Å²) in [5.41, 5.74) is 3.98. The molecule has 0 spiro atoms. The Morgan fingerprint density at radius 1 is 0.903 bits per heavy atom. The van der Waals surface area contributed by atoms with Gasteiger partial charge in [0.15, 0.2) is 0 Å². The fourth-order valence-electron chi connectivity index (χ4n) is 10.7. The van der Waals surface area contributed by atoms with Gasteiger partial charge in [0.2, 0.25) is 5.79 Å². The Kier molecular flexibility index (Phi) is 18.2. The molecule has 0 radical (unpaired) electrons. The molecule has 0 unspecified atom stereocenters. The summed E-state index contributed by atoms with van der Waals surface area (Å²) in [6.45, 7) is 8.92. The van der Waals surface area contributed by atoms with E-state index in [1.807, 2.05) is 66.7 Å². The Bertz CT molecular complexity index is 2690. The van der Waals surface area contributed by atoms with Crippen LogP contribution in [0.5, 0.6) is 11.5 Å². The van der Waals surface area contributed by atoms with Gasteiger partial charge in [0.1, 0.15) is 24.1 Å². The third-order valence-corrected chi connectivity index (χ3v) is 14.9. The highest BCUT2D eigenvalue weighted by molar-refractivity contribution is 7.99. The fourth-order valence-corrected chi connectivity index (χ4v) is 11.5. The maximum Gasteiger partial charge on any atom is 0.410 e. The number of nitro benzene ring substituents is 1. The SMILES string of the molecule is C=CCCOC(=O)N(Cc1cccc2ccccc12)[C@H]1CC(=NOCc2ccc([N+](=O)[O-])cc2)C2=C[C@H](CCCCO)[C@@H](CCCCO)[C@@H]3c4cc(OCCSc5ccccc5)ccc4O[C@@]1(OCC=C)[C@H]23. The van der Waals surface area contributed by atoms with Gasteiger partial charge in [0.05, 0.1) is 42.9 Å². The van der Waals surface area contributed by atoms with Crippen molar-refractivity contribution in [3.05, 3.63) is 179 Å². The van der Waals surface area contributed by atoms with Crippen molar-refractivity contribution >= 4 is 40.0 Å². The molecular weight excluding hydrogens is 931 g/mol. The number of ether oxygens (including phenoxy) is 4. The molecule has 1 saturated carbocycles. The van der Waals surface area contributed by atoms with Gasteiger partial charge in [0, 0.05) is 53.9 Å². The summed E-state index contributed by atoms with van der Waals surface area (Å²) in [7, 11) is 0. The Balaban J connectivity index is 1.30. The third-order valence-electron chi connectivity index (χ3n) is 13.9. The van der Waals surface area contributed by atoms with E-state index in [1.54, 1.807) is 40.9 Å². The highest BCUT2D eigenvalue weighted by atomic mass is 32.2.